The van der Waals surface area contributed by atoms with Gasteiger partial charge in [0.1, 0.15) is 16.8 Å². The van der Waals surface area contributed by atoms with E-state index in [1.807, 2.05) is 36.7 Å². The molecule has 10 heteroatoms. The topological polar surface area (TPSA) is 130 Å². The van der Waals surface area contributed by atoms with Crippen molar-refractivity contribution in [2.75, 3.05) is 18.2 Å². The van der Waals surface area contributed by atoms with Gasteiger partial charge in [-0.05, 0) is 25.5 Å². The van der Waals surface area contributed by atoms with Gasteiger partial charge in [0.2, 0.25) is 11.8 Å². The molecule has 0 aliphatic carbocycles. The first-order chi connectivity index (χ1) is 13.9. The van der Waals surface area contributed by atoms with Crippen LogP contribution in [0, 0.1) is 20.8 Å². The summed E-state index contributed by atoms with van der Waals surface area (Å²) in [6.07, 6.45) is 0. The number of aromatic nitrogens is 6. The molecule has 3 aromatic heterocycles. The van der Waals surface area contributed by atoms with Crippen LogP contribution in [-0.4, -0.2) is 37.0 Å². The maximum atomic E-state index is 5.92. The fourth-order valence-electron chi connectivity index (χ4n) is 3.20. The maximum absolute atomic E-state index is 5.92. The first-order valence-corrected chi connectivity index (χ1v) is 9.12. The van der Waals surface area contributed by atoms with Crippen molar-refractivity contribution in [2.24, 2.45) is 0 Å². The Morgan fingerprint density at radius 1 is 1.17 bits per heavy atom. The van der Waals surface area contributed by atoms with Gasteiger partial charge in [-0.15, -0.1) is 0 Å². The lowest BCUT2D eigenvalue weighted by Gasteiger charge is -2.12. The number of anilines is 2. The van der Waals surface area contributed by atoms with Crippen LogP contribution in [0.3, 0.4) is 0 Å². The molecule has 150 valence electrons. The predicted octanol–water partition coefficient (Wildman–Crippen LogP) is 2.39. The zero-order valence-electron chi connectivity index (χ0n) is 16.7. The van der Waals surface area contributed by atoms with E-state index in [0.29, 0.717) is 36.1 Å². The SMILES string of the molecule is COc1cc(C)ccc1Cn1nc(C)c2nc(N)nc(NCc3noc(C)n3)c21. The summed E-state index contributed by atoms with van der Waals surface area (Å²) < 4.78 is 12.4. The third-order valence-corrected chi connectivity index (χ3v) is 4.52. The summed E-state index contributed by atoms with van der Waals surface area (Å²) in [7, 11) is 1.66. The lowest BCUT2D eigenvalue weighted by Crippen LogP contribution is -2.10. The summed E-state index contributed by atoms with van der Waals surface area (Å²) in [6.45, 7) is 6.49. The second-order valence-corrected chi connectivity index (χ2v) is 6.77. The molecule has 3 N–H and O–H groups in total. The van der Waals surface area contributed by atoms with Crippen LogP contribution in [0.4, 0.5) is 11.8 Å². The molecule has 29 heavy (non-hydrogen) atoms. The highest BCUT2D eigenvalue weighted by Gasteiger charge is 2.18. The molecule has 4 rings (SSSR count). The molecule has 0 saturated carbocycles. The summed E-state index contributed by atoms with van der Waals surface area (Å²) >= 11 is 0. The van der Waals surface area contributed by atoms with Crippen LogP contribution in [0.15, 0.2) is 22.7 Å². The summed E-state index contributed by atoms with van der Waals surface area (Å²) in [5.74, 6) is 2.55. The maximum Gasteiger partial charge on any atom is 0.223 e. The van der Waals surface area contributed by atoms with Gasteiger partial charge in [0.15, 0.2) is 11.6 Å². The van der Waals surface area contributed by atoms with E-state index in [-0.39, 0.29) is 5.95 Å². The summed E-state index contributed by atoms with van der Waals surface area (Å²) in [5.41, 5.74) is 10.2. The molecule has 10 nitrogen and oxygen atoms in total. The van der Waals surface area contributed by atoms with Crippen molar-refractivity contribution in [1.29, 1.82) is 0 Å². The smallest absolute Gasteiger partial charge is 0.223 e. The molecule has 0 fully saturated rings. The second kappa shape index (κ2) is 7.38. The predicted molar refractivity (Wildman–Crippen MR) is 108 cm³/mol. The number of nitrogens with zero attached hydrogens (tertiary/aromatic N) is 6. The highest BCUT2D eigenvalue weighted by atomic mass is 16.5. The number of nitrogens with two attached hydrogens (primary N) is 1. The van der Waals surface area contributed by atoms with E-state index >= 15 is 0 Å². The minimum absolute atomic E-state index is 0.167. The van der Waals surface area contributed by atoms with Crippen molar-refractivity contribution < 1.29 is 9.26 Å². The zero-order valence-corrected chi connectivity index (χ0v) is 16.7. The number of fused-ring (bicyclic) bond motifs is 1. The molecule has 3 heterocycles. The van der Waals surface area contributed by atoms with Gasteiger partial charge >= 0.3 is 0 Å². The lowest BCUT2D eigenvalue weighted by molar-refractivity contribution is 0.388. The van der Waals surface area contributed by atoms with Gasteiger partial charge in [0.25, 0.3) is 0 Å². The van der Waals surface area contributed by atoms with Crippen LogP contribution in [-0.2, 0) is 13.1 Å². The molecule has 0 spiro atoms. The largest absolute Gasteiger partial charge is 0.496 e. The average molecular weight is 394 g/mol. The van der Waals surface area contributed by atoms with Crippen LogP contribution in [0.2, 0.25) is 0 Å². The van der Waals surface area contributed by atoms with E-state index in [9.17, 15) is 0 Å². The number of benzene rings is 1. The molecule has 0 bridgehead atoms. The standard InChI is InChI=1S/C19H22N8O2/c1-10-5-6-13(14(7-10)28-4)9-27-17-16(11(2)25-27)23-19(20)24-18(17)21-8-15-22-12(3)29-26-15/h5-7H,8-9H2,1-4H3,(H3,20,21,23,24). The third kappa shape index (κ3) is 3.68. The van der Waals surface area contributed by atoms with Crippen molar-refractivity contribution in [3.05, 3.63) is 46.7 Å². The van der Waals surface area contributed by atoms with Crippen LogP contribution in [0.5, 0.6) is 5.75 Å². The average Bonchev–Trinajstić information content (AvgIpc) is 3.24. The molecule has 0 aliphatic heterocycles. The zero-order chi connectivity index (χ0) is 20.5. The van der Waals surface area contributed by atoms with E-state index in [0.717, 1.165) is 28.1 Å². The molecule has 0 saturated heterocycles. The Kier molecular flexibility index (Phi) is 4.75. The first kappa shape index (κ1) is 18.7. The molecular formula is C19H22N8O2. The minimum atomic E-state index is 0.167. The number of methoxy groups -OCH3 is 1. The summed E-state index contributed by atoms with van der Waals surface area (Å²) in [5, 5.41) is 11.8. The van der Waals surface area contributed by atoms with Crippen molar-refractivity contribution in [2.45, 2.75) is 33.9 Å². The Labute approximate surface area is 167 Å². The fourth-order valence-corrected chi connectivity index (χ4v) is 3.20. The Morgan fingerprint density at radius 2 is 2.00 bits per heavy atom. The van der Waals surface area contributed by atoms with Crippen molar-refractivity contribution in [3.8, 4) is 5.75 Å². The van der Waals surface area contributed by atoms with E-state index in [4.69, 9.17) is 15.0 Å². The van der Waals surface area contributed by atoms with Crippen LogP contribution in [0.25, 0.3) is 11.0 Å². The van der Waals surface area contributed by atoms with Crippen molar-refractivity contribution in [1.82, 2.24) is 29.9 Å². The number of nitrogens with one attached hydrogen (secondary N) is 1. The summed E-state index contributed by atoms with van der Waals surface area (Å²) in [4.78, 5) is 12.9. The Balaban J connectivity index is 1.74. The van der Waals surface area contributed by atoms with Gasteiger partial charge in [0, 0.05) is 12.5 Å². The number of rotatable bonds is 6. The van der Waals surface area contributed by atoms with E-state index in [1.165, 1.54) is 0 Å². The van der Waals surface area contributed by atoms with Crippen LogP contribution >= 0.6 is 0 Å². The molecule has 0 amide bonds. The number of hydrogen-bond donors (Lipinski definition) is 2. The fraction of sp³-hybridized carbons (Fsp3) is 0.316. The first-order valence-electron chi connectivity index (χ1n) is 9.12. The van der Waals surface area contributed by atoms with Crippen LogP contribution in [0.1, 0.15) is 28.5 Å². The van der Waals surface area contributed by atoms with E-state index in [2.05, 4.69) is 30.5 Å². The Morgan fingerprint density at radius 3 is 2.72 bits per heavy atom. The van der Waals surface area contributed by atoms with Crippen molar-refractivity contribution in [3.63, 3.8) is 0 Å². The molecule has 0 atom stereocenters. The minimum Gasteiger partial charge on any atom is -0.496 e. The molecule has 4 aromatic rings. The van der Waals surface area contributed by atoms with Crippen molar-refractivity contribution >= 4 is 22.8 Å². The summed E-state index contributed by atoms with van der Waals surface area (Å²) in [6, 6.07) is 6.08. The number of nitrogen functional groups attached to an aromatic ring is 1. The normalized spacial score (nSPS) is 11.2. The quantitative estimate of drug-likeness (QED) is 0.506. The van der Waals surface area contributed by atoms with Gasteiger partial charge < -0.3 is 20.3 Å². The number of ether oxygens (including phenoxy) is 1. The Bertz CT molecular complexity index is 1180. The highest BCUT2D eigenvalue weighted by Crippen LogP contribution is 2.27. The van der Waals surface area contributed by atoms with E-state index in [1.54, 1.807) is 14.0 Å². The molecule has 1 aromatic carbocycles. The monoisotopic (exact) mass is 394 g/mol. The van der Waals surface area contributed by atoms with Crippen LogP contribution < -0.4 is 15.8 Å². The second-order valence-electron chi connectivity index (χ2n) is 6.77. The highest BCUT2D eigenvalue weighted by molar-refractivity contribution is 5.88. The molecule has 0 radical (unpaired) electrons. The molecule has 0 aliphatic rings. The Hall–Kier alpha value is -3.69. The third-order valence-electron chi connectivity index (χ3n) is 4.52. The van der Waals surface area contributed by atoms with Gasteiger partial charge in [-0.3, -0.25) is 4.68 Å². The van der Waals surface area contributed by atoms with Gasteiger partial charge in [-0.2, -0.15) is 15.1 Å². The van der Waals surface area contributed by atoms with Gasteiger partial charge in [0.05, 0.1) is 25.9 Å². The molecular weight excluding hydrogens is 372 g/mol. The lowest BCUT2D eigenvalue weighted by atomic mass is 10.1. The van der Waals surface area contributed by atoms with Gasteiger partial charge in [-0.25, -0.2) is 4.98 Å². The van der Waals surface area contributed by atoms with E-state index < -0.39 is 0 Å². The molecule has 0 unspecified atom stereocenters. The number of hydrogen-bond acceptors (Lipinski definition) is 9. The number of aryl methyl sites for hydroxylation is 3. The van der Waals surface area contributed by atoms with Gasteiger partial charge in [-0.1, -0.05) is 17.3 Å².